The largest absolute Gasteiger partial charge is 0.481 e. The van der Waals surface area contributed by atoms with E-state index >= 15 is 0 Å². The lowest BCUT2D eigenvalue weighted by molar-refractivity contribution is -0.113. The van der Waals surface area contributed by atoms with Gasteiger partial charge in [0.2, 0.25) is 5.91 Å². The zero-order valence-electron chi connectivity index (χ0n) is 19.3. The highest BCUT2D eigenvalue weighted by Crippen LogP contribution is 2.31. The van der Waals surface area contributed by atoms with Crippen LogP contribution >= 0.6 is 46.3 Å². The number of carbonyl (C=O) groups excluding carboxylic acids is 1. The minimum Gasteiger partial charge on any atom is -0.481 e. The van der Waals surface area contributed by atoms with Crippen LogP contribution < -0.4 is 10.1 Å². The molecule has 0 spiro atoms. The lowest BCUT2D eigenvalue weighted by Gasteiger charge is -2.16. The number of amides is 1. The number of ether oxygens (including phenoxy) is 1. The van der Waals surface area contributed by atoms with Gasteiger partial charge in [0.25, 0.3) is 0 Å². The Bertz CT molecular complexity index is 1320. The third-order valence-electron chi connectivity index (χ3n) is 5.04. The van der Waals surface area contributed by atoms with Gasteiger partial charge < -0.3 is 14.6 Å². The molecular weight excluding hydrogens is 525 g/mol. The van der Waals surface area contributed by atoms with E-state index in [1.807, 2.05) is 73.2 Å². The summed E-state index contributed by atoms with van der Waals surface area (Å²) in [5.74, 6) is 1.27. The van der Waals surface area contributed by atoms with Gasteiger partial charge in [0, 0.05) is 22.5 Å². The van der Waals surface area contributed by atoms with E-state index in [1.165, 1.54) is 23.1 Å². The van der Waals surface area contributed by atoms with E-state index < -0.39 is 0 Å². The van der Waals surface area contributed by atoms with Gasteiger partial charge >= 0.3 is 0 Å². The van der Waals surface area contributed by atoms with Crippen LogP contribution in [0.15, 0.2) is 53.0 Å². The molecule has 7 nitrogen and oxygen atoms in total. The first kappa shape index (κ1) is 25.5. The molecule has 2 aromatic carbocycles. The van der Waals surface area contributed by atoms with Gasteiger partial charge in [0.1, 0.15) is 5.75 Å². The van der Waals surface area contributed by atoms with E-state index in [1.54, 1.807) is 0 Å². The van der Waals surface area contributed by atoms with Crippen molar-refractivity contribution in [1.82, 2.24) is 19.7 Å². The van der Waals surface area contributed by atoms with Crippen molar-refractivity contribution >= 4 is 57.3 Å². The van der Waals surface area contributed by atoms with Crippen LogP contribution in [0.1, 0.15) is 31.3 Å². The zero-order chi connectivity index (χ0) is 24.9. The highest BCUT2D eigenvalue weighted by Gasteiger charge is 2.20. The fourth-order valence-corrected chi connectivity index (χ4v) is 5.15. The Balaban J connectivity index is 1.37. The summed E-state index contributed by atoms with van der Waals surface area (Å²) in [4.78, 5) is 17.0. The number of rotatable bonds is 9. The lowest BCUT2D eigenvalue weighted by Crippen LogP contribution is -2.15. The van der Waals surface area contributed by atoms with Crippen molar-refractivity contribution in [1.29, 1.82) is 0 Å². The number of benzene rings is 2. The first-order chi connectivity index (χ1) is 16.8. The molecule has 2 heterocycles. The third-order valence-corrected chi connectivity index (χ3v) is 7.33. The lowest BCUT2D eigenvalue weighted by atomic mass is 10.2. The number of hydrogen-bond donors (Lipinski definition) is 1. The summed E-state index contributed by atoms with van der Waals surface area (Å²) in [5.41, 5.74) is 2.77. The van der Waals surface area contributed by atoms with E-state index in [0.29, 0.717) is 38.5 Å². The maximum absolute atomic E-state index is 12.5. The summed E-state index contributed by atoms with van der Waals surface area (Å²) >= 11 is 14.9. The van der Waals surface area contributed by atoms with Crippen molar-refractivity contribution in [3.63, 3.8) is 0 Å². The normalized spacial score (nSPS) is 11.9. The van der Waals surface area contributed by atoms with Gasteiger partial charge in [0.15, 0.2) is 22.2 Å². The maximum atomic E-state index is 12.5. The average molecular weight is 549 g/mol. The summed E-state index contributed by atoms with van der Waals surface area (Å²) in [7, 11) is 0. The van der Waals surface area contributed by atoms with Crippen molar-refractivity contribution in [2.75, 3.05) is 11.1 Å². The molecule has 2 aromatic heterocycles. The Labute approximate surface area is 221 Å². The van der Waals surface area contributed by atoms with Crippen molar-refractivity contribution in [2.24, 2.45) is 0 Å². The molecule has 0 aliphatic carbocycles. The summed E-state index contributed by atoms with van der Waals surface area (Å²) in [6, 6.07) is 13.0. The number of aryl methyl sites for hydroxylation is 1. The Morgan fingerprint density at radius 3 is 2.71 bits per heavy atom. The molecule has 0 saturated carbocycles. The van der Waals surface area contributed by atoms with Crippen LogP contribution in [0.2, 0.25) is 10.0 Å². The van der Waals surface area contributed by atoms with Gasteiger partial charge in [-0.2, -0.15) is 0 Å². The van der Waals surface area contributed by atoms with E-state index in [9.17, 15) is 4.79 Å². The van der Waals surface area contributed by atoms with Gasteiger partial charge in [-0.3, -0.25) is 4.79 Å². The number of carbonyl (C=O) groups is 1. The highest BCUT2D eigenvalue weighted by molar-refractivity contribution is 7.99. The number of thiazole rings is 1. The molecule has 182 valence electrons. The second-order valence-corrected chi connectivity index (χ2v) is 10.3. The van der Waals surface area contributed by atoms with Crippen molar-refractivity contribution in [2.45, 2.75) is 38.6 Å². The van der Waals surface area contributed by atoms with Gasteiger partial charge in [-0.1, -0.05) is 53.2 Å². The molecule has 0 bridgehead atoms. The van der Waals surface area contributed by atoms with Gasteiger partial charge in [0.05, 0.1) is 16.5 Å². The fraction of sp³-hybridized carbons (Fsp3) is 0.250. The second-order valence-electron chi connectivity index (χ2n) is 7.66. The topological polar surface area (TPSA) is 81.9 Å². The number of anilines is 1. The van der Waals surface area contributed by atoms with Crippen molar-refractivity contribution in [3.05, 3.63) is 69.3 Å². The van der Waals surface area contributed by atoms with E-state index in [-0.39, 0.29) is 17.8 Å². The number of thioether (sulfide) groups is 1. The second kappa shape index (κ2) is 11.4. The molecule has 0 radical (unpaired) electrons. The molecule has 1 amide bonds. The first-order valence-corrected chi connectivity index (χ1v) is 13.5. The van der Waals surface area contributed by atoms with Gasteiger partial charge in [-0.05, 0) is 50.6 Å². The number of halogens is 2. The number of nitrogens with one attached hydrogen (secondary N) is 1. The van der Waals surface area contributed by atoms with Crippen molar-refractivity contribution < 1.29 is 9.53 Å². The molecule has 0 aliphatic heterocycles. The van der Waals surface area contributed by atoms with Crippen LogP contribution in [0.3, 0.4) is 0 Å². The van der Waals surface area contributed by atoms with E-state index in [2.05, 4.69) is 20.5 Å². The van der Waals surface area contributed by atoms with Crippen LogP contribution in [-0.2, 0) is 11.3 Å². The summed E-state index contributed by atoms with van der Waals surface area (Å²) in [6.07, 6.45) is -0.369. The Hall–Kier alpha value is -2.59. The molecule has 0 aliphatic rings. The van der Waals surface area contributed by atoms with Crippen LogP contribution in [0.25, 0.3) is 11.3 Å². The molecule has 0 fully saturated rings. The van der Waals surface area contributed by atoms with Gasteiger partial charge in [-0.15, -0.1) is 21.5 Å². The fourth-order valence-electron chi connectivity index (χ4n) is 3.32. The van der Waals surface area contributed by atoms with Gasteiger partial charge in [-0.25, -0.2) is 4.98 Å². The monoisotopic (exact) mass is 547 g/mol. The predicted octanol–water partition coefficient (Wildman–Crippen LogP) is 6.91. The smallest absolute Gasteiger partial charge is 0.236 e. The SMILES string of the molecule is CCn1c(SCC(=O)Nc2nc(-c3ccc(Cl)cc3)cs2)nnc1C(C)Oc1cc(C)ccc1Cl. The third kappa shape index (κ3) is 6.35. The molecule has 1 unspecified atom stereocenters. The van der Waals surface area contributed by atoms with Crippen LogP contribution in [0.4, 0.5) is 5.13 Å². The number of aromatic nitrogens is 4. The molecule has 0 saturated heterocycles. The van der Waals surface area contributed by atoms with Crippen LogP contribution in [0.5, 0.6) is 5.75 Å². The Morgan fingerprint density at radius 2 is 1.97 bits per heavy atom. The molecule has 11 heteroatoms. The minimum atomic E-state index is -0.369. The Kier molecular flexibility index (Phi) is 8.33. The predicted molar refractivity (Wildman–Crippen MR) is 143 cm³/mol. The summed E-state index contributed by atoms with van der Waals surface area (Å²) in [6.45, 7) is 6.51. The molecule has 4 aromatic rings. The van der Waals surface area contributed by atoms with E-state index in [4.69, 9.17) is 27.9 Å². The quantitative estimate of drug-likeness (QED) is 0.229. The molecule has 1 atom stereocenters. The van der Waals surface area contributed by atoms with Crippen LogP contribution in [0, 0.1) is 6.92 Å². The minimum absolute atomic E-state index is 0.171. The molecule has 35 heavy (non-hydrogen) atoms. The molecular formula is C24H23Cl2N5O2S2. The zero-order valence-corrected chi connectivity index (χ0v) is 22.4. The first-order valence-electron chi connectivity index (χ1n) is 10.8. The number of nitrogens with zero attached hydrogens (tertiary/aromatic N) is 4. The Morgan fingerprint density at radius 1 is 1.20 bits per heavy atom. The molecule has 4 rings (SSSR count). The van der Waals surface area contributed by atoms with Crippen LogP contribution in [-0.4, -0.2) is 31.4 Å². The highest BCUT2D eigenvalue weighted by atomic mass is 35.5. The van der Waals surface area contributed by atoms with E-state index in [0.717, 1.165) is 16.8 Å². The standard InChI is InChI=1S/C24H23Cl2N5O2S2/c1-4-31-22(15(3)33-20-11-14(2)5-10-18(20)26)29-30-24(31)35-13-21(32)28-23-27-19(12-34-23)16-6-8-17(25)9-7-16/h5-12,15H,4,13H2,1-3H3,(H,27,28,32). The van der Waals surface area contributed by atoms with Crippen molar-refractivity contribution in [3.8, 4) is 17.0 Å². The summed E-state index contributed by atoms with van der Waals surface area (Å²) in [5, 5.41) is 15.7. The molecule has 1 N–H and O–H groups in total. The number of hydrogen-bond acceptors (Lipinski definition) is 7. The average Bonchev–Trinajstić information content (AvgIpc) is 3.47. The summed E-state index contributed by atoms with van der Waals surface area (Å²) < 4.78 is 8.00. The maximum Gasteiger partial charge on any atom is 0.236 e.